The van der Waals surface area contributed by atoms with Gasteiger partial charge in [-0.25, -0.2) is 0 Å². The molecule has 1 heterocycles. The number of hydrogen-bond acceptors (Lipinski definition) is 6. The van der Waals surface area contributed by atoms with Crippen molar-refractivity contribution < 1.29 is 49.0 Å². The minimum absolute atomic E-state index is 0. The molecule has 188 valence electrons. The van der Waals surface area contributed by atoms with E-state index in [4.69, 9.17) is 4.74 Å². The number of aliphatic carboxylic acids is 1. The van der Waals surface area contributed by atoms with Gasteiger partial charge in [-0.15, -0.1) is 0 Å². The van der Waals surface area contributed by atoms with Crippen LogP contribution in [0.2, 0.25) is 0 Å². The van der Waals surface area contributed by atoms with Crippen LogP contribution < -0.4 is 44.7 Å². The van der Waals surface area contributed by atoms with Crippen molar-refractivity contribution in [1.82, 2.24) is 10.3 Å². The molecule has 0 aliphatic carbocycles. The van der Waals surface area contributed by atoms with Crippen LogP contribution in [0.3, 0.4) is 0 Å². The Morgan fingerprint density at radius 1 is 1.14 bits per heavy atom. The van der Waals surface area contributed by atoms with Crippen LogP contribution in [-0.2, 0) is 4.79 Å². The number of carbonyl (C=O) groups excluding carboxylic acids is 2. The number of nitrogens with zero attached hydrogens (tertiary/aromatic N) is 1. The quantitative estimate of drug-likeness (QED) is 0.361. The van der Waals surface area contributed by atoms with Crippen molar-refractivity contribution in [1.29, 1.82) is 0 Å². The third-order valence-electron chi connectivity index (χ3n) is 5.65. The van der Waals surface area contributed by atoms with Gasteiger partial charge < -0.3 is 20.0 Å². The number of rotatable bonds is 12. The van der Waals surface area contributed by atoms with Crippen LogP contribution >= 0.6 is 11.8 Å². The Bertz CT molecular complexity index is 1230. The summed E-state index contributed by atoms with van der Waals surface area (Å²) in [5.41, 5.74) is 4.78. The summed E-state index contributed by atoms with van der Waals surface area (Å²) in [7, 11) is 0. The molecule has 0 spiro atoms. The molecule has 3 aromatic rings. The zero-order valence-electron chi connectivity index (χ0n) is 21.8. The fraction of sp³-hybridized carbons (Fsp3) is 0.276. The zero-order valence-corrected chi connectivity index (χ0v) is 24.6. The Morgan fingerprint density at radius 2 is 1.92 bits per heavy atom. The number of carboxylic acids is 1. The maximum absolute atomic E-state index is 13.2. The average molecular weight is 527 g/mol. The van der Waals surface area contributed by atoms with Gasteiger partial charge >= 0.3 is 29.6 Å². The van der Waals surface area contributed by atoms with E-state index in [1.165, 1.54) is 11.8 Å². The molecule has 3 rings (SSSR count). The van der Waals surface area contributed by atoms with Gasteiger partial charge in [0.1, 0.15) is 5.75 Å². The van der Waals surface area contributed by atoms with Crippen molar-refractivity contribution in [2.45, 2.75) is 32.7 Å². The molecule has 1 aromatic heterocycles. The second kappa shape index (κ2) is 15.6. The number of aryl methyl sites for hydroxylation is 1. The smallest absolute Gasteiger partial charge is 0.548 e. The van der Waals surface area contributed by atoms with E-state index in [0.29, 0.717) is 24.3 Å². The SMILES string of the molecule is CCCOc1ccncc1/C=C/c1ccc(C(=O)NC(CCSC)C(=O)[O-])c(-c2ccccc2C)c1.[Na+]. The number of ether oxygens (including phenoxy) is 1. The molecule has 0 aliphatic rings. The van der Waals surface area contributed by atoms with Crippen molar-refractivity contribution in [3.8, 4) is 16.9 Å². The van der Waals surface area contributed by atoms with E-state index in [9.17, 15) is 14.7 Å². The first-order valence-electron chi connectivity index (χ1n) is 11.9. The van der Waals surface area contributed by atoms with Crippen LogP contribution in [0, 0.1) is 6.92 Å². The number of thioether (sulfide) groups is 1. The molecule has 0 radical (unpaired) electrons. The summed E-state index contributed by atoms with van der Waals surface area (Å²) < 4.78 is 5.82. The minimum atomic E-state index is -1.29. The van der Waals surface area contributed by atoms with E-state index in [1.54, 1.807) is 18.5 Å². The molecule has 0 fully saturated rings. The van der Waals surface area contributed by atoms with E-state index in [1.807, 2.05) is 67.8 Å². The summed E-state index contributed by atoms with van der Waals surface area (Å²) in [6, 6.07) is 14.1. The molecule has 1 atom stereocenters. The Kier molecular flexibility index (Phi) is 12.9. The van der Waals surface area contributed by atoms with Crippen LogP contribution in [0.25, 0.3) is 23.3 Å². The van der Waals surface area contributed by atoms with Crippen LogP contribution in [0.5, 0.6) is 5.75 Å². The molecule has 0 aliphatic heterocycles. The van der Waals surface area contributed by atoms with Crippen LogP contribution in [-0.4, -0.2) is 41.5 Å². The van der Waals surface area contributed by atoms with Crippen LogP contribution in [0.1, 0.15) is 46.8 Å². The van der Waals surface area contributed by atoms with Gasteiger partial charge in [-0.2, -0.15) is 11.8 Å². The Morgan fingerprint density at radius 3 is 2.62 bits per heavy atom. The maximum atomic E-state index is 13.2. The average Bonchev–Trinajstić information content (AvgIpc) is 2.89. The second-order valence-corrected chi connectivity index (χ2v) is 9.33. The number of carbonyl (C=O) groups is 2. The molecule has 8 heteroatoms. The standard InChI is InChI=1S/C29H32N2O4S.Na/c1-4-16-35-27-13-15-30-19-22(27)11-9-21-10-12-24(25(18-21)23-8-6-5-7-20(23)2)28(32)31-26(29(33)34)14-17-36-3;/h5-13,15,18-19,26H,4,14,16-17H2,1-3H3,(H,31,32)(H,33,34);/q;+1/p-1/b11-9+;. The fourth-order valence-electron chi connectivity index (χ4n) is 3.73. The fourth-order valence-corrected chi connectivity index (χ4v) is 4.20. The minimum Gasteiger partial charge on any atom is -0.548 e. The number of aromatic nitrogens is 1. The van der Waals surface area contributed by atoms with Gasteiger partial charge in [-0.1, -0.05) is 43.3 Å². The number of hydrogen-bond donors (Lipinski definition) is 1. The van der Waals surface area contributed by atoms with Crippen molar-refractivity contribution in [3.63, 3.8) is 0 Å². The summed E-state index contributed by atoms with van der Waals surface area (Å²) >= 11 is 1.52. The zero-order chi connectivity index (χ0) is 25.9. The van der Waals surface area contributed by atoms with E-state index in [-0.39, 0.29) is 29.6 Å². The Hall–Kier alpha value is -2.58. The van der Waals surface area contributed by atoms with Crippen molar-refractivity contribution in [3.05, 3.63) is 83.2 Å². The van der Waals surface area contributed by atoms with Gasteiger partial charge in [-0.3, -0.25) is 9.78 Å². The van der Waals surface area contributed by atoms with Crippen molar-refractivity contribution in [2.75, 3.05) is 18.6 Å². The monoisotopic (exact) mass is 526 g/mol. The van der Waals surface area contributed by atoms with Crippen LogP contribution in [0.4, 0.5) is 0 Å². The van der Waals surface area contributed by atoms with E-state index >= 15 is 0 Å². The molecular formula is C29H31N2NaO4S. The summed E-state index contributed by atoms with van der Waals surface area (Å²) in [4.78, 5) is 29.0. The summed E-state index contributed by atoms with van der Waals surface area (Å²) in [5, 5.41) is 14.2. The van der Waals surface area contributed by atoms with Gasteiger partial charge in [0.15, 0.2) is 0 Å². The van der Waals surface area contributed by atoms with E-state index in [0.717, 1.165) is 40.0 Å². The number of benzene rings is 2. The molecule has 37 heavy (non-hydrogen) atoms. The number of carboxylic acid groups (broad SMARTS) is 1. The molecular weight excluding hydrogens is 495 g/mol. The van der Waals surface area contributed by atoms with Gasteiger partial charge in [0.2, 0.25) is 0 Å². The molecule has 1 unspecified atom stereocenters. The molecule has 0 bridgehead atoms. The topological polar surface area (TPSA) is 91.3 Å². The molecule has 1 N–H and O–H groups in total. The third kappa shape index (κ3) is 8.75. The molecule has 0 saturated heterocycles. The van der Waals surface area contributed by atoms with Crippen molar-refractivity contribution in [2.24, 2.45) is 0 Å². The summed E-state index contributed by atoms with van der Waals surface area (Å²) in [6.45, 7) is 4.66. The summed E-state index contributed by atoms with van der Waals surface area (Å²) in [5.74, 6) is -0.364. The van der Waals surface area contributed by atoms with E-state index < -0.39 is 17.9 Å². The maximum Gasteiger partial charge on any atom is 1.00 e. The van der Waals surface area contributed by atoms with Gasteiger partial charge in [0.25, 0.3) is 5.91 Å². The Balaban J connectivity index is 0.00000481. The predicted octanol–water partition coefficient (Wildman–Crippen LogP) is 1.62. The number of pyridine rings is 1. The van der Waals surface area contributed by atoms with Gasteiger partial charge in [0, 0.05) is 23.5 Å². The molecule has 1 amide bonds. The predicted molar refractivity (Wildman–Crippen MR) is 145 cm³/mol. The van der Waals surface area contributed by atoms with Crippen molar-refractivity contribution >= 4 is 35.8 Å². The first kappa shape index (κ1) is 30.6. The van der Waals surface area contributed by atoms with E-state index in [2.05, 4.69) is 17.2 Å². The third-order valence-corrected chi connectivity index (χ3v) is 6.30. The first-order valence-corrected chi connectivity index (χ1v) is 13.3. The van der Waals surface area contributed by atoms with Crippen LogP contribution in [0.15, 0.2) is 60.9 Å². The van der Waals surface area contributed by atoms with Gasteiger partial charge in [0.05, 0.1) is 18.6 Å². The Labute approximate surface area is 245 Å². The largest absolute Gasteiger partial charge is 1.00 e. The molecule has 0 saturated carbocycles. The molecule has 2 aromatic carbocycles. The summed E-state index contributed by atoms with van der Waals surface area (Å²) in [6.07, 6.45) is 10.4. The normalized spacial score (nSPS) is 11.5. The first-order chi connectivity index (χ1) is 17.4. The molecule has 6 nitrogen and oxygen atoms in total. The van der Waals surface area contributed by atoms with Gasteiger partial charge in [-0.05, 0) is 78.3 Å². The second-order valence-electron chi connectivity index (χ2n) is 8.34. The number of nitrogens with one attached hydrogen (secondary N) is 1. The number of amides is 1.